The summed E-state index contributed by atoms with van der Waals surface area (Å²) in [6, 6.07) is 9.73. The number of carbonyl (C=O) groups is 1. The number of halogens is 1. The molecule has 3 rings (SSSR count). The van der Waals surface area contributed by atoms with E-state index in [1.54, 1.807) is 36.7 Å². The Bertz CT molecular complexity index is 753. The first-order valence-electron chi connectivity index (χ1n) is 6.19. The van der Waals surface area contributed by atoms with Crippen LogP contribution >= 0.6 is 0 Å². The second-order valence-corrected chi connectivity index (χ2v) is 4.36. The van der Waals surface area contributed by atoms with Crippen molar-refractivity contribution >= 4 is 16.7 Å². The molecule has 0 aliphatic carbocycles. The van der Waals surface area contributed by atoms with Gasteiger partial charge in [-0.25, -0.2) is 9.37 Å². The van der Waals surface area contributed by atoms with Gasteiger partial charge in [-0.1, -0.05) is 24.3 Å². The molecule has 4 nitrogen and oxygen atoms in total. The van der Waals surface area contributed by atoms with Gasteiger partial charge >= 0.3 is 0 Å². The third-order valence-corrected chi connectivity index (χ3v) is 3.09. The van der Waals surface area contributed by atoms with Gasteiger partial charge in [-0.05, 0) is 17.5 Å². The Morgan fingerprint density at radius 2 is 2.00 bits per heavy atom. The summed E-state index contributed by atoms with van der Waals surface area (Å²) in [7, 11) is 0. The highest BCUT2D eigenvalue weighted by Crippen LogP contribution is 2.21. The summed E-state index contributed by atoms with van der Waals surface area (Å²) in [5, 5.41) is 3.80. The number of aromatic nitrogens is 2. The lowest BCUT2D eigenvalue weighted by molar-refractivity contribution is 0.0951. The highest BCUT2D eigenvalue weighted by Gasteiger charge is 2.12. The van der Waals surface area contributed by atoms with Crippen molar-refractivity contribution in [2.75, 3.05) is 0 Å². The van der Waals surface area contributed by atoms with E-state index in [0.717, 1.165) is 0 Å². The van der Waals surface area contributed by atoms with Gasteiger partial charge in [-0.3, -0.25) is 4.79 Å². The molecule has 0 aliphatic heterocycles. The van der Waals surface area contributed by atoms with Crippen LogP contribution in [0.25, 0.3) is 10.8 Å². The molecule has 0 saturated heterocycles. The first-order chi connectivity index (χ1) is 9.75. The van der Waals surface area contributed by atoms with E-state index in [9.17, 15) is 9.18 Å². The van der Waals surface area contributed by atoms with E-state index in [1.807, 2.05) is 0 Å². The average molecular weight is 269 g/mol. The van der Waals surface area contributed by atoms with E-state index in [-0.39, 0.29) is 11.7 Å². The van der Waals surface area contributed by atoms with E-state index in [4.69, 9.17) is 0 Å². The number of nitrogens with zero attached hydrogens (tertiary/aromatic N) is 1. The van der Waals surface area contributed by atoms with Crippen LogP contribution in [0.3, 0.4) is 0 Å². The van der Waals surface area contributed by atoms with Crippen LogP contribution in [0.4, 0.5) is 4.39 Å². The Morgan fingerprint density at radius 1 is 1.20 bits per heavy atom. The smallest absolute Gasteiger partial charge is 0.252 e. The molecule has 0 spiro atoms. The van der Waals surface area contributed by atoms with Gasteiger partial charge in [0.05, 0.1) is 6.54 Å². The van der Waals surface area contributed by atoms with Gasteiger partial charge in [-0.15, -0.1) is 0 Å². The molecule has 1 amide bonds. The average Bonchev–Trinajstić information content (AvgIpc) is 2.99. The second kappa shape index (κ2) is 5.13. The molecule has 0 aliphatic rings. The maximum absolute atomic E-state index is 13.7. The Balaban J connectivity index is 1.90. The van der Waals surface area contributed by atoms with E-state index < -0.39 is 0 Å². The normalized spacial score (nSPS) is 10.7. The number of fused-ring (bicyclic) bond motifs is 1. The number of hydrogen-bond acceptors (Lipinski definition) is 2. The Hall–Kier alpha value is -2.69. The molecule has 0 fully saturated rings. The molecular weight excluding hydrogens is 257 g/mol. The number of imidazole rings is 1. The summed E-state index contributed by atoms with van der Waals surface area (Å²) >= 11 is 0. The first-order valence-corrected chi connectivity index (χ1v) is 6.19. The van der Waals surface area contributed by atoms with Crippen LogP contribution in [-0.2, 0) is 6.54 Å². The minimum atomic E-state index is -0.330. The number of rotatable bonds is 3. The fraction of sp³-hybridized carbons (Fsp3) is 0.0667. The van der Waals surface area contributed by atoms with E-state index in [0.29, 0.717) is 28.7 Å². The summed E-state index contributed by atoms with van der Waals surface area (Å²) in [6.45, 7) is 0.303. The maximum Gasteiger partial charge on any atom is 0.252 e. The molecule has 1 aromatic heterocycles. The number of carbonyl (C=O) groups excluding carboxylic acids is 1. The lowest BCUT2D eigenvalue weighted by Crippen LogP contribution is -2.23. The highest BCUT2D eigenvalue weighted by atomic mass is 19.1. The fourth-order valence-electron chi connectivity index (χ4n) is 2.11. The summed E-state index contributed by atoms with van der Waals surface area (Å²) in [6.07, 6.45) is 3.31. The zero-order valence-corrected chi connectivity index (χ0v) is 10.6. The minimum absolute atomic E-state index is 0.252. The SMILES string of the molecule is O=C(NCc1ncc[nH]1)c1ccc(F)c2ccccc12. The van der Waals surface area contributed by atoms with Crippen molar-refractivity contribution in [2.24, 2.45) is 0 Å². The molecule has 0 saturated carbocycles. The third kappa shape index (κ3) is 2.25. The molecule has 100 valence electrons. The molecule has 0 radical (unpaired) electrons. The molecule has 0 atom stereocenters. The standard InChI is InChI=1S/C15H12FN3O/c16-13-6-5-12(10-3-1-2-4-11(10)13)15(20)19-9-14-17-7-8-18-14/h1-8H,9H2,(H,17,18)(H,19,20). The van der Waals surface area contributed by atoms with E-state index in [1.165, 1.54) is 12.1 Å². The molecule has 5 heteroatoms. The molecule has 0 bridgehead atoms. The fourth-order valence-corrected chi connectivity index (χ4v) is 2.11. The number of aromatic amines is 1. The molecule has 2 N–H and O–H groups in total. The van der Waals surface area contributed by atoms with Gasteiger partial charge in [0.15, 0.2) is 0 Å². The van der Waals surface area contributed by atoms with E-state index >= 15 is 0 Å². The Morgan fingerprint density at radius 3 is 2.75 bits per heavy atom. The highest BCUT2D eigenvalue weighted by molar-refractivity contribution is 6.07. The van der Waals surface area contributed by atoms with Gasteiger partial charge in [0.1, 0.15) is 11.6 Å². The predicted octanol–water partition coefficient (Wildman–Crippen LogP) is 2.63. The quantitative estimate of drug-likeness (QED) is 0.768. The monoisotopic (exact) mass is 269 g/mol. The Kier molecular flexibility index (Phi) is 3.16. The van der Waals surface area contributed by atoms with Crippen LogP contribution in [0, 0.1) is 5.82 Å². The molecule has 20 heavy (non-hydrogen) atoms. The topological polar surface area (TPSA) is 57.8 Å². The van der Waals surface area contributed by atoms with Gasteiger partial charge in [0.2, 0.25) is 0 Å². The van der Waals surface area contributed by atoms with Crippen molar-refractivity contribution in [1.29, 1.82) is 0 Å². The summed E-state index contributed by atoms with van der Waals surface area (Å²) in [5.74, 6) is 0.0885. The molecular formula is C15H12FN3O. The molecule has 3 aromatic rings. The van der Waals surface area contributed by atoms with Crippen molar-refractivity contribution in [3.05, 3.63) is 66.0 Å². The van der Waals surface area contributed by atoms with Crippen LogP contribution in [0.1, 0.15) is 16.2 Å². The van der Waals surface area contributed by atoms with Crippen molar-refractivity contribution in [3.63, 3.8) is 0 Å². The largest absolute Gasteiger partial charge is 0.347 e. The predicted molar refractivity (Wildman–Crippen MR) is 73.7 cm³/mol. The second-order valence-electron chi connectivity index (χ2n) is 4.36. The van der Waals surface area contributed by atoms with Crippen LogP contribution < -0.4 is 5.32 Å². The number of hydrogen-bond donors (Lipinski definition) is 2. The molecule has 1 heterocycles. The van der Waals surface area contributed by atoms with Gasteiger partial charge < -0.3 is 10.3 Å². The first kappa shape index (κ1) is 12.3. The molecule has 0 unspecified atom stereocenters. The lowest BCUT2D eigenvalue weighted by atomic mass is 10.0. The summed E-state index contributed by atoms with van der Waals surface area (Å²) < 4.78 is 13.7. The number of amides is 1. The van der Waals surface area contributed by atoms with Gasteiger partial charge in [-0.2, -0.15) is 0 Å². The minimum Gasteiger partial charge on any atom is -0.347 e. The molecule has 2 aromatic carbocycles. The van der Waals surface area contributed by atoms with Gasteiger partial charge in [0, 0.05) is 23.3 Å². The van der Waals surface area contributed by atoms with Crippen molar-refractivity contribution in [3.8, 4) is 0 Å². The van der Waals surface area contributed by atoms with Crippen LogP contribution in [0.2, 0.25) is 0 Å². The van der Waals surface area contributed by atoms with Crippen molar-refractivity contribution in [1.82, 2.24) is 15.3 Å². The zero-order valence-electron chi connectivity index (χ0n) is 10.6. The van der Waals surface area contributed by atoms with Crippen LogP contribution in [-0.4, -0.2) is 15.9 Å². The maximum atomic E-state index is 13.7. The lowest BCUT2D eigenvalue weighted by Gasteiger charge is -2.07. The van der Waals surface area contributed by atoms with Crippen molar-refractivity contribution in [2.45, 2.75) is 6.54 Å². The number of H-pyrrole nitrogens is 1. The summed E-state index contributed by atoms with van der Waals surface area (Å²) in [5.41, 5.74) is 0.452. The number of benzene rings is 2. The van der Waals surface area contributed by atoms with Gasteiger partial charge in [0.25, 0.3) is 5.91 Å². The third-order valence-electron chi connectivity index (χ3n) is 3.09. The van der Waals surface area contributed by atoms with Crippen LogP contribution in [0.5, 0.6) is 0 Å². The van der Waals surface area contributed by atoms with Crippen LogP contribution in [0.15, 0.2) is 48.8 Å². The Labute approximate surface area is 114 Å². The van der Waals surface area contributed by atoms with E-state index in [2.05, 4.69) is 15.3 Å². The zero-order chi connectivity index (χ0) is 13.9. The summed E-state index contributed by atoms with van der Waals surface area (Å²) in [4.78, 5) is 19.1. The van der Waals surface area contributed by atoms with Crippen molar-refractivity contribution < 1.29 is 9.18 Å². The number of nitrogens with one attached hydrogen (secondary N) is 2.